The van der Waals surface area contributed by atoms with Crippen molar-refractivity contribution in [3.05, 3.63) is 33.1 Å². The molecule has 0 radical (unpaired) electrons. The number of nitrogens with one attached hydrogen (secondary N) is 3. The van der Waals surface area contributed by atoms with Crippen LogP contribution in [0.15, 0.2) is 21.9 Å². The number of H-pyrrole nitrogens is 1. The summed E-state index contributed by atoms with van der Waals surface area (Å²) in [7, 11) is -4.43. The smallest absolute Gasteiger partial charge is 0.342 e. The van der Waals surface area contributed by atoms with Gasteiger partial charge in [0.05, 0.1) is 12.6 Å². The fourth-order valence-corrected chi connectivity index (χ4v) is 5.38. The zero-order valence-corrected chi connectivity index (χ0v) is 21.9. The van der Waals surface area contributed by atoms with Crippen molar-refractivity contribution >= 4 is 13.6 Å². The molecule has 6 N–H and O–H groups in total. The number of aromatic amines is 1. The fourth-order valence-electron chi connectivity index (χ4n) is 3.52. The molecule has 37 heavy (non-hydrogen) atoms. The maximum absolute atomic E-state index is 15.8. The van der Waals surface area contributed by atoms with E-state index in [0.717, 1.165) is 19.2 Å². The summed E-state index contributed by atoms with van der Waals surface area (Å²) >= 11 is 0. The minimum Gasteiger partial charge on any atom is -0.465 e. The van der Waals surface area contributed by atoms with Crippen LogP contribution in [0.3, 0.4) is 0 Å². The first-order valence-electron chi connectivity index (χ1n) is 11.4. The van der Waals surface area contributed by atoms with Crippen LogP contribution in [0, 0.1) is 0 Å². The highest BCUT2D eigenvalue weighted by Crippen LogP contribution is 2.48. The molecule has 1 fully saturated rings. The lowest BCUT2D eigenvalue weighted by atomic mass is 9.95. The summed E-state index contributed by atoms with van der Waals surface area (Å²) in [4.78, 5) is 37.5. The third-order valence-electron chi connectivity index (χ3n) is 5.46. The average Bonchev–Trinajstić information content (AvgIpc) is 2.98. The van der Waals surface area contributed by atoms with Crippen LogP contribution in [0.25, 0.3) is 0 Å². The van der Waals surface area contributed by atoms with Crippen molar-refractivity contribution in [2.75, 3.05) is 19.8 Å². The van der Waals surface area contributed by atoms with Crippen LogP contribution in [-0.4, -0.2) is 86.6 Å². The molecular formula is C20H34FN4O11P. The lowest BCUT2D eigenvalue weighted by Crippen LogP contribution is -2.50. The highest BCUT2D eigenvalue weighted by molar-refractivity contribution is 7.54. The summed E-state index contributed by atoms with van der Waals surface area (Å²) in [5.74, 6) is -4.03. The summed E-state index contributed by atoms with van der Waals surface area (Å²) < 4.78 is 50.4. The number of aliphatic hydroxyl groups is 3. The molecule has 212 valence electrons. The van der Waals surface area contributed by atoms with Gasteiger partial charge in [0.2, 0.25) is 0 Å². The maximum atomic E-state index is 15.8. The molecule has 0 amide bonds. The van der Waals surface area contributed by atoms with E-state index in [1.54, 1.807) is 13.8 Å². The Morgan fingerprint density at radius 1 is 1.32 bits per heavy atom. The fraction of sp³-hybridized carbons (Fsp3) is 0.750. The Balaban J connectivity index is 2.31. The van der Waals surface area contributed by atoms with Crippen LogP contribution in [0.5, 0.6) is 0 Å². The van der Waals surface area contributed by atoms with Gasteiger partial charge in [0.25, 0.3) is 11.4 Å². The van der Waals surface area contributed by atoms with Crippen LogP contribution in [0.4, 0.5) is 4.39 Å². The van der Waals surface area contributed by atoms with Crippen LogP contribution < -0.4 is 21.4 Å². The number of hydrogen-bond acceptors (Lipinski definition) is 11. The molecule has 0 spiro atoms. The standard InChI is InChI=1S/C20H34FN4O11P/c1-6-33-14(27)11(3)23-37(32,24-12(4)15(28)34-7-2)35-10-20(21)16(29)19(5,31)17(36-20)25-9-8-13(26)22-18(25)30/h8-9,11-12,14,16-17,27,29,31H,6-7,10H2,1-5H3,(H,22,26,30)(H2,23,24,32)/t11?,12?,14?,16-,17+,19+,20+,37?/m0/s1. The third kappa shape index (κ3) is 7.31. The number of alkyl halides is 1. The largest absolute Gasteiger partial charge is 0.465 e. The van der Waals surface area contributed by atoms with Crippen molar-refractivity contribution in [2.24, 2.45) is 0 Å². The van der Waals surface area contributed by atoms with Crippen LogP contribution in [-0.2, 0) is 28.1 Å². The number of hydrogen-bond donors (Lipinski definition) is 6. The number of halogens is 1. The van der Waals surface area contributed by atoms with E-state index in [2.05, 4.69) is 10.2 Å². The predicted octanol–water partition coefficient (Wildman–Crippen LogP) is -1.16. The highest BCUT2D eigenvalue weighted by Gasteiger charge is 2.63. The molecule has 1 aromatic heterocycles. The lowest BCUT2D eigenvalue weighted by molar-refractivity contribution is -0.203. The van der Waals surface area contributed by atoms with E-state index in [0.29, 0.717) is 4.57 Å². The quantitative estimate of drug-likeness (QED) is 0.0963. The molecular weight excluding hydrogens is 522 g/mol. The van der Waals surface area contributed by atoms with Gasteiger partial charge in [0.1, 0.15) is 24.4 Å². The van der Waals surface area contributed by atoms with Crippen LogP contribution in [0.2, 0.25) is 0 Å². The Morgan fingerprint density at radius 2 is 1.97 bits per heavy atom. The lowest BCUT2D eigenvalue weighted by Gasteiger charge is -2.31. The second-order valence-corrected chi connectivity index (χ2v) is 10.5. The molecule has 0 bridgehead atoms. The summed E-state index contributed by atoms with van der Waals surface area (Å²) in [6.45, 7) is 5.69. The van der Waals surface area contributed by atoms with E-state index in [4.69, 9.17) is 18.7 Å². The van der Waals surface area contributed by atoms with Crippen molar-refractivity contribution in [1.82, 2.24) is 19.7 Å². The molecule has 1 aromatic rings. The van der Waals surface area contributed by atoms with Gasteiger partial charge in [-0.05, 0) is 34.6 Å². The van der Waals surface area contributed by atoms with Crippen LogP contribution >= 0.6 is 7.67 Å². The monoisotopic (exact) mass is 556 g/mol. The first-order chi connectivity index (χ1) is 17.1. The zero-order chi connectivity index (χ0) is 28.2. The minimum absolute atomic E-state index is 0.0249. The number of ether oxygens (including phenoxy) is 3. The summed E-state index contributed by atoms with van der Waals surface area (Å²) in [6.07, 6.45) is -4.68. The predicted molar refractivity (Wildman–Crippen MR) is 125 cm³/mol. The molecule has 2 rings (SSSR count). The number of nitrogens with zero attached hydrogens (tertiary/aromatic N) is 1. The van der Waals surface area contributed by atoms with E-state index >= 15 is 4.39 Å². The summed E-state index contributed by atoms with van der Waals surface area (Å²) in [6, 6.07) is -1.37. The second kappa shape index (κ2) is 12.2. The molecule has 17 heteroatoms. The molecule has 15 nitrogen and oxygen atoms in total. The Morgan fingerprint density at radius 3 is 2.54 bits per heavy atom. The van der Waals surface area contributed by atoms with Gasteiger partial charge in [-0.25, -0.2) is 19.4 Å². The molecule has 8 atom stereocenters. The average molecular weight is 556 g/mol. The Kier molecular flexibility index (Phi) is 10.3. The molecule has 1 saturated heterocycles. The van der Waals surface area contributed by atoms with Gasteiger partial charge in [0.15, 0.2) is 12.5 Å². The maximum Gasteiger partial charge on any atom is 0.342 e. The third-order valence-corrected chi connectivity index (χ3v) is 7.43. The first-order valence-corrected chi connectivity index (χ1v) is 13.1. The van der Waals surface area contributed by atoms with E-state index in [1.807, 2.05) is 4.98 Å². The van der Waals surface area contributed by atoms with E-state index in [1.165, 1.54) is 13.8 Å². The molecule has 0 saturated carbocycles. The van der Waals surface area contributed by atoms with Gasteiger partial charge in [-0.3, -0.25) is 28.2 Å². The van der Waals surface area contributed by atoms with Gasteiger partial charge < -0.3 is 29.5 Å². The van der Waals surface area contributed by atoms with Crippen molar-refractivity contribution in [3.8, 4) is 0 Å². The Hall–Kier alpha value is -2.01. The molecule has 0 aromatic carbocycles. The Bertz CT molecular complexity index is 1100. The normalized spacial score (nSPS) is 29.9. The van der Waals surface area contributed by atoms with E-state index in [-0.39, 0.29) is 13.2 Å². The summed E-state index contributed by atoms with van der Waals surface area (Å²) in [5.41, 5.74) is -4.22. The number of aliphatic hydroxyl groups excluding tert-OH is 2. The second-order valence-electron chi connectivity index (χ2n) is 8.59. The van der Waals surface area contributed by atoms with Crippen molar-refractivity contribution < 1.29 is 47.8 Å². The van der Waals surface area contributed by atoms with Gasteiger partial charge in [-0.1, -0.05) is 0 Å². The van der Waals surface area contributed by atoms with Gasteiger partial charge in [-0.2, -0.15) is 0 Å². The summed E-state index contributed by atoms with van der Waals surface area (Å²) in [5, 5.41) is 36.1. The van der Waals surface area contributed by atoms with Gasteiger partial charge in [-0.15, -0.1) is 0 Å². The van der Waals surface area contributed by atoms with Gasteiger partial charge >= 0.3 is 19.3 Å². The van der Waals surface area contributed by atoms with E-state index in [9.17, 15) is 34.3 Å². The highest BCUT2D eigenvalue weighted by atomic mass is 31.2. The molecule has 2 heterocycles. The molecule has 0 aliphatic carbocycles. The number of carbonyl (C=O) groups excluding carboxylic acids is 1. The van der Waals surface area contributed by atoms with Crippen LogP contribution in [0.1, 0.15) is 40.8 Å². The van der Waals surface area contributed by atoms with Crippen molar-refractivity contribution in [1.29, 1.82) is 0 Å². The first kappa shape index (κ1) is 31.2. The Labute approximate surface area is 211 Å². The molecule has 1 aliphatic heterocycles. The number of esters is 1. The number of aromatic nitrogens is 2. The zero-order valence-electron chi connectivity index (χ0n) is 21.0. The van der Waals surface area contributed by atoms with Crippen molar-refractivity contribution in [3.63, 3.8) is 0 Å². The SMILES string of the molecule is CCOC(=O)C(C)NP(=O)(NC(C)C(O)OCC)OC[C@@]1(F)O[C@@H](n2ccc(=O)[nH]c2=O)[C@](C)(O)[C@@H]1O. The number of carbonyl (C=O) groups is 1. The topological polar surface area (TPSA) is 211 Å². The van der Waals surface area contributed by atoms with Gasteiger partial charge in [0, 0.05) is 18.9 Å². The number of rotatable bonds is 13. The van der Waals surface area contributed by atoms with Crippen molar-refractivity contribution in [2.45, 2.75) is 76.8 Å². The molecule has 4 unspecified atom stereocenters. The van der Waals surface area contributed by atoms with E-state index < -0.39 is 73.7 Å². The minimum atomic E-state index is -4.43. The molecule has 1 aliphatic rings.